The SMILES string of the molecule is CCNC(=NCC(C)(C)SC)N1CCN(CC(=O)N2CCOCC2)CC1.I. The highest BCUT2D eigenvalue weighted by Crippen LogP contribution is 2.21. The van der Waals surface area contributed by atoms with Gasteiger partial charge in [0.05, 0.1) is 26.3 Å². The molecule has 0 unspecified atom stereocenters. The second-order valence-corrected chi connectivity index (χ2v) is 8.90. The predicted octanol–water partition coefficient (Wildman–Crippen LogP) is 1.19. The molecule has 2 aliphatic heterocycles. The van der Waals surface area contributed by atoms with Crippen molar-refractivity contribution in [2.24, 2.45) is 4.99 Å². The zero-order valence-electron chi connectivity index (χ0n) is 17.2. The lowest BCUT2D eigenvalue weighted by atomic mass is 10.2. The number of ether oxygens (including phenoxy) is 1. The summed E-state index contributed by atoms with van der Waals surface area (Å²) >= 11 is 1.84. The van der Waals surface area contributed by atoms with E-state index in [0.717, 1.165) is 58.3 Å². The number of aliphatic imine (C=N–C) groups is 1. The molecule has 0 aliphatic carbocycles. The lowest BCUT2D eigenvalue weighted by Gasteiger charge is -2.37. The Labute approximate surface area is 185 Å². The summed E-state index contributed by atoms with van der Waals surface area (Å²) in [4.78, 5) is 23.7. The fourth-order valence-electron chi connectivity index (χ4n) is 2.98. The number of guanidine groups is 1. The molecule has 2 aliphatic rings. The monoisotopic (exact) mass is 513 g/mol. The third-order valence-corrected chi connectivity index (χ3v) is 6.13. The van der Waals surface area contributed by atoms with Crippen LogP contribution in [0.25, 0.3) is 0 Å². The number of halogens is 1. The predicted molar refractivity (Wildman–Crippen MR) is 124 cm³/mol. The van der Waals surface area contributed by atoms with Gasteiger partial charge in [-0.25, -0.2) is 0 Å². The molecule has 0 saturated carbocycles. The molecule has 0 aromatic carbocycles. The highest BCUT2D eigenvalue weighted by atomic mass is 127. The average molecular weight is 513 g/mol. The zero-order chi connectivity index (χ0) is 19.0. The minimum Gasteiger partial charge on any atom is -0.378 e. The lowest BCUT2D eigenvalue weighted by molar-refractivity contribution is -0.136. The molecule has 1 N–H and O–H groups in total. The smallest absolute Gasteiger partial charge is 0.236 e. The number of piperazine rings is 1. The molecule has 0 atom stereocenters. The molecule has 2 rings (SSSR count). The molecule has 2 fully saturated rings. The molecule has 2 heterocycles. The Hall–Kier alpha value is -0.260. The molecular weight excluding hydrogens is 477 g/mol. The maximum Gasteiger partial charge on any atom is 0.236 e. The first-order chi connectivity index (χ1) is 12.4. The van der Waals surface area contributed by atoms with Crippen LogP contribution in [0.3, 0.4) is 0 Å². The Balaban J connectivity index is 0.00000364. The molecule has 27 heavy (non-hydrogen) atoms. The van der Waals surface area contributed by atoms with E-state index in [1.165, 1.54) is 0 Å². The topological polar surface area (TPSA) is 60.4 Å². The first kappa shape index (κ1) is 24.8. The van der Waals surface area contributed by atoms with E-state index in [9.17, 15) is 4.79 Å². The maximum absolute atomic E-state index is 12.4. The van der Waals surface area contributed by atoms with Crippen molar-refractivity contribution in [3.8, 4) is 0 Å². The quantitative estimate of drug-likeness (QED) is 0.327. The van der Waals surface area contributed by atoms with Crippen LogP contribution in [0.1, 0.15) is 20.8 Å². The van der Waals surface area contributed by atoms with Crippen LogP contribution >= 0.6 is 35.7 Å². The van der Waals surface area contributed by atoms with Gasteiger partial charge in [-0.05, 0) is 27.0 Å². The Morgan fingerprint density at radius 1 is 1.11 bits per heavy atom. The summed E-state index contributed by atoms with van der Waals surface area (Å²) in [6, 6.07) is 0. The van der Waals surface area contributed by atoms with Gasteiger partial charge in [0.15, 0.2) is 5.96 Å². The van der Waals surface area contributed by atoms with E-state index < -0.39 is 0 Å². The van der Waals surface area contributed by atoms with Crippen molar-refractivity contribution in [2.75, 3.05) is 78.4 Å². The van der Waals surface area contributed by atoms with E-state index >= 15 is 0 Å². The lowest BCUT2D eigenvalue weighted by Crippen LogP contribution is -2.55. The summed E-state index contributed by atoms with van der Waals surface area (Å²) in [7, 11) is 0. The largest absolute Gasteiger partial charge is 0.378 e. The number of carbonyl (C=O) groups excluding carboxylic acids is 1. The van der Waals surface area contributed by atoms with E-state index in [1.54, 1.807) is 0 Å². The second kappa shape index (κ2) is 12.3. The summed E-state index contributed by atoms with van der Waals surface area (Å²) < 4.78 is 5.47. The zero-order valence-corrected chi connectivity index (χ0v) is 20.3. The summed E-state index contributed by atoms with van der Waals surface area (Å²) in [6.45, 7) is 15.1. The van der Waals surface area contributed by atoms with Crippen molar-refractivity contribution in [1.29, 1.82) is 0 Å². The summed E-state index contributed by atoms with van der Waals surface area (Å²) in [5.74, 6) is 1.22. The van der Waals surface area contributed by atoms with Gasteiger partial charge < -0.3 is 19.9 Å². The molecule has 0 aromatic heterocycles. The molecule has 9 heteroatoms. The Bertz CT molecular complexity index is 478. The van der Waals surface area contributed by atoms with Gasteiger partial charge in [0.1, 0.15) is 0 Å². The van der Waals surface area contributed by atoms with Gasteiger partial charge in [0.25, 0.3) is 0 Å². The number of morpholine rings is 1. The van der Waals surface area contributed by atoms with Crippen LogP contribution in [0.5, 0.6) is 0 Å². The number of nitrogens with zero attached hydrogens (tertiary/aromatic N) is 4. The number of hydrogen-bond donors (Lipinski definition) is 1. The van der Waals surface area contributed by atoms with Crippen molar-refractivity contribution in [1.82, 2.24) is 20.0 Å². The van der Waals surface area contributed by atoms with Crippen LogP contribution in [0.15, 0.2) is 4.99 Å². The van der Waals surface area contributed by atoms with Crippen LogP contribution in [-0.4, -0.2) is 110 Å². The fraction of sp³-hybridized carbons (Fsp3) is 0.889. The normalized spacial score (nSPS) is 19.6. The van der Waals surface area contributed by atoms with Gasteiger partial charge in [0.2, 0.25) is 5.91 Å². The molecule has 0 radical (unpaired) electrons. The number of carbonyl (C=O) groups is 1. The van der Waals surface area contributed by atoms with E-state index in [0.29, 0.717) is 19.8 Å². The molecule has 7 nitrogen and oxygen atoms in total. The van der Waals surface area contributed by atoms with E-state index in [4.69, 9.17) is 9.73 Å². The number of thioether (sulfide) groups is 1. The first-order valence-corrected chi connectivity index (χ1v) is 10.8. The third kappa shape index (κ3) is 8.33. The number of amides is 1. The highest BCUT2D eigenvalue weighted by molar-refractivity contribution is 14.0. The molecular formula is C18H36IN5O2S. The molecule has 2 saturated heterocycles. The van der Waals surface area contributed by atoms with Crippen molar-refractivity contribution < 1.29 is 9.53 Å². The molecule has 158 valence electrons. The molecule has 0 bridgehead atoms. The Kier molecular flexibility index (Phi) is 11.3. The van der Waals surface area contributed by atoms with Gasteiger partial charge >= 0.3 is 0 Å². The molecule has 0 aromatic rings. The summed E-state index contributed by atoms with van der Waals surface area (Å²) in [5, 5.41) is 3.42. The number of rotatable bonds is 6. The van der Waals surface area contributed by atoms with Crippen molar-refractivity contribution in [3.63, 3.8) is 0 Å². The van der Waals surface area contributed by atoms with Crippen LogP contribution in [0, 0.1) is 0 Å². The van der Waals surface area contributed by atoms with Gasteiger partial charge in [-0.3, -0.25) is 14.7 Å². The van der Waals surface area contributed by atoms with Gasteiger partial charge in [-0.15, -0.1) is 24.0 Å². The van der Waals surface area contributed by atoms with Crippen LogP contribution in [0.4, 0.5) is 0 Å². The Morgan fingerprint density at radius 2 is 1.74 bits per heavy atom. The van der Waals surface area contributed by atoms with E-state index in [-0.39, 0.29) is 34.6 Å². The summed E-state index contributed by atoms with van der Waals surface area (Å²) in [6.07, 6.45) is 2.13. The summed E-state index contributed by atoms with van der Waals surface area (Å²) in [5.41, 5.74) is 0. The van der Waals surface area contributed by atoms with Gasteiger partial charge in [0, 0.05) is 50.6 Å². The van der Waals surface area contributed by atoms with E-state index in [2.05, 4.69) is 42.1 Å². The van der Waals surface area contributed by atoms with Crippen molar-refractivity contribution in [3.05, 3.63) is 0 Å². The van der Waals surface area contributed by atoms with E-state index in [1.807, 2.05) is 16.7 Å². The highest BCUT2D eigenvalue weighted by Gasteiger charge is 2.24. The Morgan fingerprint density at radius 3 is 2.30 bits per heavy atom. The minimum absolute atomic E-state index is 0. The number of hydrogen-bond acceptors (Lipinski definition) is 5. The van der Waals surface area contributed by atoms with Crippen molar-refractivity contribution in [2.45, 2.75) is 25.5 Å². The van der Waals surface area contributed by atoms with Crippen molar-refractivity contribution >= 4 is 47.6 Å². The average Bonchev–Trinajstić information content (AvgIpc) is 2.66. The fourth-order valence-corrected chi connectivity index (χ4v) is 3.17. The van der Waals surface area contributed by atoms with Gasteiger partial charge in [-0.2, -0.15) is 11.8 Å². The minimum atomic E-state index is 0. The van der Waals surface area contributed by atoms with Gasteiger partial charge in [-0.1, -0.05) is 0 Å². The third-order valence-electron chi connectivity index (χ3n) is 4.89. The van der Waals surface area contributed by atoms with Crippen LogP contribution in [0.2, 0.25) is 0 Å². The molecule has 0 spiro atoms. The van der Waals surface area contributed by atoms with Crippen LogP contribution < -0.4 is 5.32 Å². The molecule has 1 amide bonds. The first-order valence-electron chi connectivity index (χ1n) is 9.61. The van der Waals surface area contributed by atoms with Crippen LogP contribution in [-0.2, 0) is 9.53 Å². The second-order valence-electron chi connectivity index (χ2n) is 7.39. The standard InChI is InChI=1S/C18H35N5O2S.HI/c1-5-19-17(20-15-18(2,3)26-4)23-8-6-21(7-9-23)14-16(24)22-10-12-25-13-11-22;/h5-15H2,1-4H3,(H,19,20);1H. The number of nitrogens with one attached hydrogen (secondary N) is 1. The maximum atomic E-state index is 12.4.